The first kappa shape index (κ1) is 35.6. The van der Waals surface area contributed by atoms with Crippen LogP contribution in [0.2, 0.25) is 0 Å². The average Bonchev–Trinajstić information content (AvgIpc) is 3.07. The molecule has 246 valence electrons. The fourth-order valence-corrected chi connectivity index (χ4v) is 4.61. The Hall–Kier alpha value is -3.92. The number of amides is 1. The van der Waals surface area contributed by atoms with E-state index in [1.807, 2.05) is 36.6 Å². The summed E-state index contributed by atoms with van der Waals surface area (Å²) in [5.74, 6) is -3.59. The molecule has 1 N–H and O–H groups in total. The third-order valence-corrected chi connectivity index (χ3v) is 6.87. The first-order chi connectivity index (χ1) is 21.8. The van der Waals surface area contributed by atoms with E-state index in [1.165, 1.54) is 38.2 Å². The van der Waals surface area contributed by atoms with Gasteiger partial charge >= 0.3 is 17.9 Å². The van der Waals surface area contributed by atoms with E-state index in [1.54, 1.807) is 6.92 Å². The fraction of sp³-hybridized carbons (Fsp3) is 0.500. The lowest BCUT2D eigenvalue weighted by atomic mass is 9.91. The van der Waals surface area contributed by atoms with Gasteiger partial charge in [-0.25, -0.2) is 14.6 Å². The van der Waals surface area contributed by atoms with Gasteiger partial charge < -0.3 is 43.2 Å². The molecule has 1 amide bonds. The fourth-order valence-electron chi connectivity index (χ4n) is 4.31. The van der Waals surface area contributed by atoms with Crippen molar-refractivity contribution >= 4 is 35.6 Å². The summed E-state index contributed by atoms with van der Waals surface area (Å²) in [5.41, 5.74) is 0.595. The molecule has 3 rings (SSSR count). The number of benzene rings is 1. The van der Waals surface area contributed by atoms with Crippen LogP contribution in [0, 0.1) is 5.92 Å². The van der Waals surface area contributed by atoms with Crippen LogP contribution in [-0.4, -0.2) is 107 Å². The number of nitrogens with one attached hydrogen (secondary N) is 1. The SMILES string of the molecule is COCCOCC(=O)OCOc1c(OC)ccnc1C(=O)N[C@H]1COC(=O)C(Cc2ccccc2)[C@@H](OCSC)[C@H](C)OC1=O. The minimum absolute atomic E-state index is 0.108. The summed E-state index contributed by atoms with van der Waals surface area (Å²) in [6, 6.07) is 9.38. The van der Waals surface area contributed by atoms with Crippen LogP contribution >= 0.6 is 11.8 Å². The highest BCUT2D eigenvalue weighted by molar-refractivity contribution is 7.98. The Labute approximate surface area is 265 Å². The number of carbonyl (C=O) groups excluding carboxylic acids is 4. The van der Waals surface area contributed by atoms with E-state index >= 15 is 0 Å². The molecule has 0 spiro atoms. The van der Waals surface area contributed by atoms with Gasteiger partial charge in [-0.15, -0.1) is 11.8 Å². The molecule has 15 heteroatoms. The van der Waals surface area contributed by atoms with Crippen LogP contribution in [0.25, 0.3) is 0 Å². The standard InChI is InChI=1S/C30H38N2O12S/c1-19-26(43-18-45-4)21(14-20-8-6-5-7-9-20)29(35)40-15-22(30(36)44-19)32-28(34)25-27(23(38-3)10-11-31-25)42-17-41-24(33)16-39-13-12-37-2/h5-11,19,21-22,26H,12-18H2,1-4H3,(H,32,34)/t19-,21?,22-,26-/m0/s1. The van der Waals surface area contributed by atoms with Gasteiger partial charge in [-0.1, -0.05) is 30.3 Å². The molecule has 4 atom stereocenters. The number of carbonyl (C=O) groups is 4. The van der Waals surface area contributed by atoms with Crippen LogP contribution in [0.5, 0.6) is 11.5 Å². The predicted octanol–water partition coefficient (Wildman–Crippen LogP) is 1.78. The van der Waals surface area contributed by atoms with Gasteiger partial charge in [0, 0.05) is 19.4 Å². The number of hydrogen-bond acceptors (Lipinski definition) is 14. The van der Waals surface area contributed by atoms with Crippen molar-refractivity contribution < 1.29 is 57.1 Å². The Kier molecular flexibility index (Phi) is 14.8. The molecule has 0 radical (unpaired) electrons. The Morgan fingerprint density at radius 3 is 2.58 bits per heavy atom. The Bertz CT molecular complexity index is 1260. The maximum atomic E-state index is 13.4. The van der Waals surface area contributed by atoms with E-state index in [-0.39, 0.29) is 42.8 Å². The molecular weight excluding hydrogens is 612 g/mol. The van der Waals surface area contributed by atoms with Gasteiger partial charge in [0.25, 0.3) is 5.91 Å². The number of thioether (sulfide) groups is 1. The van der Waals surface area contributed by atoms with Gasteiger partial charge in [-0.05, 0) is 25.2 Å². The molecule has 1 aliphatic heterocycles. The van der Waals surface area contributed by atoms with Crippen molar-refractivity contribution in [1.29, 1.82) is 0 Å². The van der Waals surface area contributed by atoms with Crippen molar-refractivity contribution in [1.82, 2.24) is 10.3 Å². The minimum Gasteiger partial charge on any atom is -0.493 e. The lowest BCUT2D eigenvalue weighted by Gasteiger charge is -2.29. The number of esters is 3. The molecule has 0 aliphatic carbocycles. The third-order valence-electron chi connectivity index (χ3n) is 6.50. The van der Waals surface area contributed by atoms with Crippen LogP contribution in [0.3, 0.4) is 0 Å². The van der Waals surface area contributed by atoms with Gasteiger partial charge in [-0.2, -0.15) is 0 Å². The highest BCUT2D eigenvalue weighted by Crippen LogP contribution is 2.30. The number of ether oxygens (including phenoxy) is 8. The molecule has 45 heavy (non-hydrogen) atoms. The van der Waals surface area contributed by atoms with Crippen LogP contribution in [-0.2, 0) is 49.2 Å². The number of pyridine rings is 1. The monoisotopic (exact) mass is 650 g/mol. The van der Waals surface area contributed by atoms with Crippen LogP contribution in [0.4, 0.5) is 0 Å². The van der Waals surface area contributed by atoms with E-state index in [9.17, 15) is 19.2 Å². The highest BCUT2D eigenvalue weighted by atomic mass is 32.2. The quantitative estimate of drug-likeness (QED) is 0.121. The number of aromatic nitrogens is 1. The number of methoxy groups -OCH3 is 2. The maximum Gasteiger partial charge on any atom is 0.334 e. The third kappa shape index (κ3) is 10.9. The van der Waals surface area contributed by atoms with E-state index in [2.05, 4.69) is 10.3 Å². The van der Waals surface area contributed by atoms with E-state index < -0.39 is 61.4 Å². The summed E-state index contributed by atoms with van der Waals surface area (Å²) >= 11 is 1.41. The smallest absolute Gasteiger partial charge is 0.334 e. The van der Waals surface area contributed by atoms with Gasteiger partial charge in [0.1, 0.15) is 25.4 Å². The summed E-state index contributed by atoms with van der Waals surface area (Å²) in [5, 5.41) is 2.50. The van der Waals surface area contributed by atoms with Crippen molar-refractivity contribution in [3.05, 3.63) is 53.9 Å². The van der Waals surface area contributed by atoms with Crippen LogP contribution in [0.1, 0.15) is 23.0 Å². The minimum atomic E-state index is -1.39. The number of rotatable bonds is 16. The second-order valence-corrected chi connectivity index (χ2v) is 10.5. The molecule has 14 nitrogen and oxygen atoms in total. The molecule has 1 aromatic heterocycles. The molecule has 1 unspecified atom stereocenters. The maximum absolute atomic E-state index is 13.4. The van der Waals surface area contributed by atoms with E-state index in [0.29, 0.717) is 6.61 Å². The van der Waals surface area contributed by atoms with Crippen LogP contribution in [0.15, 0.2) is 42.6 Å². The van der Waals surface area contributed by atoms with Crippen molar-refractivity contribution in [2.45, 2.75) is 31.6 Å². The average molecular weight is 651 g/mol. The summed E-state index contributed by atoms with van der Waals surface area (Å²) in [4.78, 5) is 56.0. The molecule has 2 aromatic rings. The molecule has 2 heterocycles. The topological polar surface area (TPSA) is 167 Å². The summed E-state index contributed by atoms with van der Waals surface area (Å²) in [6.45, 7) is 0.706. The zero-order chi connectivity index (χ0) is 32.6. The lowest BCUT2D eigenvalue weighted by molar-refractivity contribution is -0.162. The number of nitrogens with zero attached hydrogens (tertiary/aromatic N) is 1. The molecule has 1 aliphatic rings. The van der Waals surface area contributed by atoms with Gasteiger partial charge in [0.05, 0.1) is 32.2 Å². The lowest BCUT2D eigenvalue weighted by Crippen LogP contribution is -2.46. The first-order valence-electron chi connectivity index (χ1n) is 14.0. The van der Waals surface area contributed by atoms with Crippen molar-refractivity contribution in [2.24, 2.45) is 5.92 Å². The first-order valence-corrected chi connectivity index (χ1v) is 15.4. The van der Waals surface area contributed by atoms with Gasteiger partial charge in [-0.3, -0.25) is 9.59 Å². The molecular formula is C30H38N2O12S. The summed E-state index contributed by atoms with van der Waals surface area (Å²) in [7, 11) is 2.84. The van der Waals surface area contributed by atoms with E-state index in [0.717, 1.165) is 5.56 Å². The van der Waals surface area contributed by atoms with Crippen molar-refractivity contribution in [3.63, 3.8) is 0 Å². The molecule has 1 aromatic carbocycles. The Morgan fingerprint density at radius 1 is 1.09 bits per heavy atom. The second kappa shape index (κ2) is 18.8. The normalized spacial score (nSPS) is 20.1. The van der Waals surface area contributed by atoms with Gasteiger partial charge in [0.15, 0.2) is 23.2 Å². The Balaban J connectivity index is 1.74. The van der Waals surface area contributed by atoms with Gasteiger partial charge in [0.2, 0.25) is 6.79 Å². The van der Waals surface area contributed by atoms with Crippen molar-refractivity contribution in [2.75, 3.05) is 59.6 Å². The summed E-state index contributed by atoms with van der Waals surface area (Å²) in [6.07, 6.45) is 1.76. The molecule has 1 fully saturated rings. The van der Waals surface area contributed by atoms with Crippen LogP contribution < -0.4 is 14.8 Å². The zero-order valence-electron chi connectivity index (χ0n) is 25.6. The summed E-state index contributed by atoms with van der Waals surface area (Å²) < 4.78 is 42.9. The highest BCUT2D eigenvalue weighted by Gasteiger charge is 2.40. The second-order valence-electron chi connectivity index (χ2n) is 9.65. The molecule has 1 saturated heterocycles. The Morgan fingerprint density at radius 2 is 1.87 bits per heavy atom. The molecule has 0 saturated carbocycles. The van der Waals surface area contributed by atoms with E-state index in [4.69, 9.17) is 37.9 Å². The largest absolute Gasteiger partial charge is 0.493 e. The van der Waals surface area contributed by atoms with Crippen molar-refractivity contribution in [3.8, 4) is 11.5 Å². The number of cyclic esters (lactones) is 2. The molecule has 0 bridgehead atoms. The predicted molar refractivity (Wildman–Crippen MR) is 160 cm³/mol. The number of hydrogen-bond donors (Lipinski definition) is 1. The zero-order valence-corrected chi connectivity index (χ0v) is 26.4.